The predicted octanol–water partition coefficient (Wildman–Crippen LogP) is 2.72. The Bertz CT molecular complexity index is 412. The van der Waals surface area contributed by atoms with Crippen LogP contribution in [0.4, 0.5) is 14.5 Å². The summed E-state index contributed by atoms with van der Waals surface area (Å²) in [7, 11) is 2.97. The van der Waals surface area contributed by atoms with Gasteiger partial charge in [0.2, 0.25) is 0 Å². The number of carbonyl (C=O) groups excluding carboxylic acids is 1. The molecule has 0 aliphatic carbocycles. The number of benzene rings is 1. The fraction of sp³-hybridized carbons (Fsp3) is 0.364. The van der Waals surface area contributed by atoms with Gasteiger partial charge >= 0.3 is 0 Å². The van der Waals surface area contributed by atoms with Crippen molar-refractivity contribution < 1.29 is 13.6 Å². The Kier molecular flexibility index (Phi) is 4.69. The Balaban J connectivity index is 2.98. The Hall–Kier alpha value is -1.36. The van der Waals surface area contributed by atoms with E-state index in [9.17, 15) is 13.6 Å². The first-order valence-electron chi connectivity index (χ1n) is 4.96. The van der Waals surface area contributed by atoms with Gasteiger partial charge in [0.1, 0.15) is 0 Å². The van der Waals surface area contributed by atoms with Crippen LogP contribution in [0.1, 0.15) is 10.4 Å². The molecule has 94 valence electrons. The zero-order valence-corrected chi connectivity index (χ0v) is 10.3. The summed E-state index contributed by atoms with van der Waals surface area (Å²) < 4.78 is 24.4. The lowest BCUT2D eigenvalue weighted by molar-refractivity contribution is 0.0621. The summed E-state index contributed by atoms with van der Waals surface area (Å²) in [4.78, 5) is 12.9. The molecule has 1 N–H and O–H groups in total. The fourth-order valence-corrected chi connectivity index (χ4v) is 1.58. The van der Waals surface area contributed by atoms with Crippen LogP contribution in [0.15, 0.2) is 18.2 Å². The van der Waals surface area contributed by atoms with E-state index in [1.54, 1.807) is 19.2 Å². The highest BCUT2D eigenvalue weighted by Crippen LogP contribution is 2.21. The number of amides is 1. The van der Waals surface area contributed by atoms with Gasteiger partial charge in [-0.25, -0.2) is 8.78 Å². The summed E-state index contributed by atoms with van der Waals surface area (Å²) in [6.07, 6.45) is -2.55. The molecule has 1 aromatic rings. The largest absolute Gasteiger partial charge is 0.387 e. The highest BCUT2D eigenvalue weighted by atomic mass is 35.5. The van der Waals surface area contributed by atoms with Crippen LogP contribution in [0, 0.1) is 0 Å². The molecule has 0 saturated heterocycles. The van der Waals surface area contributed by atoms with E-state index in [0.29, 0.717) is 10.7 Å². The summed E-state index contributed by atoms with van der Waals surface area (Å²) in [5.74, 6) is -0.489. The standard InChI is InChI=1S/C11H13ClF2N2O/c1-15-9-4-3-7(12)5-8(9)11(17)16(2)6-10(13)14/h3-5,10,15H,6H2,1-2H3. The molecule has 0 radical (unpaired) electrons. The minimum Gasteiger partial charge on any atom is -0.387 e. The van der Waals surface area contributed by atoms with E-state index in [2.05, 4.69) is 5.32 Å². The van der Waals surface area contributed by atoms with Crippen molar-refractivity contribution in [2.24, 2.45) is 0 Å². The highest BCUT2D eigenvalue weighted by molar-refractivity contribution is 6.31. The minimum absolute atomic E-state index is 0.281. The highest BCUT2D eigenvalue weighted by Gasteiger charge is 2.18. The van der Waals surface area contributed by atoms with Crippen LogP contribution in [0.2, 0.25) is 5.02 Å². The first-order chi connectivity index (χ1) is 7.95. The number of hydrogen-bond donors (Lipinski definition) is 1. The molecule has 0 heterocycles. The Morgan fingerprint density at radius 3 is 2.71 bits per heavy atom. The maximum Gasteiger partial charge on any atom is 0.255 e. The summed E-state index contributed by atoms with van der Waals surface area (Å²) in [6, 6.07) is 4.71. The lowest BCUT2D eigenvalue weighted by Gasteiger charge is -2.18. The Morgan fingerprint density at radius 2 is 2.18 bits per heavy atom. The van der Waals surface area contributed by atoms with Crippen molar-refractivity contribution in [2.75, 3.05) is 26.0 Å². The van der Waals surface area contributed by atoms with E-state index in [0.717, 1.165) is 4.90 Å². The third-order valence-corrected chi connectivity index (χ3v) is 2.48. The molecule has 0 aliphatic rings. The van der Waals surface area contributed by atoms with Gasteiger partial charge in [-0.05, 0) is 18.2 Å². The lowest BCUT2D eigenvalue weighted by Crippen LogP contribution is -2.31. The number of alkyl halides is 2. The molecule has 0 atom stereocenters. The van der Waals surface area contributed by atoms with E-state index >= 15 is 0 Å². The van der Waals surface area contributed by atoms with Gasteiger partial charge < -0.3 is 10.2 Å². The van der Waals surface area contributed by atoms with Crippen LogP contribution >= 0.6 is 11.6 Å². The average molecular weight is 263 g/mol. The normalized spacial score (nSPS) is 10.5. The number of carbonyl (C=O) groups is 1. The molecule has 0 saturated carbocycles. The molecule has 1 amide bonds. The monoisotopic (exact) mass is 262 g/mol. The number of halogens is 3. The van der Waals surface area contributed by atoms with E-state index in [1.165, 1.54) is 13.1 Å². The van der Waals surface area contributed by atoms with E-state index < -0.39 is 18.9 Å². The van der Waals surface area contributed by atoms with Gasteiger partial charge in [0, 0.05) is 24.8 Å². The molecule has 6 heteroatoms. The molecule has 0 aromatic heterocycles. The van der Waals surface area contributed by atoms with Gasteiger partial charge in [0.15, 0.2) is 0 Å². The fourth-order valence-electron chi connectivity index (χ4n) is 1.41. The number of hydrogen-bond acceptors (Lipinski definition) is 2. The Morgan fingerprint density at radius 1 is 1.53 bits per heavy atom. The van der Waals surface area contributed by atoms with Gasteiger partial charge in [-0.1, -0.05) is 11.6 Å². The third-order valence-electron chi connectivity index (χ3n) is 2.24. The van der Waals surface area contributed by atoms with E-state index in [-0.39, 0.29) is 5.56 Å². The maximum absolute atomic E-state index is 12.2. The van der Waals surface area contributed by atoms with Crippen LogP contribution in [0.25, 0.3) is 0 Å². The summed E-state index contributed by atoms with van der Waals surface area (Å²) >= 11 is 5.78. The molecule has 1 aromatic carbocycles. The van der Waals surface area contributed by atoms with Crippen molar-refractivity contribution in [1.29, 1.82) is 0 Å². The zero-order valence-electron chi connectivity index (χ0n) is 9.51. The van der Waals surface area contributed by atoms with Crippen molar-refractivity contribution >= 4 is 23.2 Å². The van der Waals surface area contributed by atoms with Crippen LogP contribution in [-0.4, -0.2) is 37.9 Å². The molecule has 1 rings (SSSR count). The van der Waals surface area contributed by atoms with Crippen molar-refractivity contribution in [3.63, 3.8) is 0 Å². The quantitative estimate of drug-likeness (QED) is 0.905. The summed E-state index contributed by atoms with van der Waals surface area (Å²) in [5, 5.41) is 3.21. The molecule has 0 bridgehead atoms. The SMILES string of the molecule is CNc1ccc(Cl)cc1C(=O)N(C)CC(F)F. The predicted molar refractivity (Wildman–Crippen MR) is 64.0 cm³/mol. The number of rotatable bonds is 4. The minimum atomic E-state index is -2.55. The molecular formula is C11H13ClF2N2O. The molecular weight excluding hydrogens is 250 g/mol. The first-order valence-corrected chi connectivity index (χ1v) is 5.34. The van der Waals surface area contributed by atoms with Crippen LogP contribution in [-0.2, 0) is 0 Å². The number of anilines is 1. The molecule has 17 heavy (non-hydrogen) atoms. The van der Waals surface area contributed by atoms with Gasteiger partial charge in [-0.15, -0.1) is 0 Å². The second-order valence-electron chi connectivity index (χ2n) is 3.52. The van der Waals surface area contributed by atoms with Crippen LogP contribution in [0.5, 0.6) is 0 Å². The topological polar surface area (TPSA) is 32.3 Å². The first kappa shape index (κ1) is 13.7. The van der Waals surface area contributed by atoms with Crippen LogP contribution in [0.3, 0.4) is 0 Å². The third kappa shape index (κ3) is 3.56. The Labute approximate surface area is 103 Å². The van der Waals surface area contributed by atoms with Gasteiger partial charge in [0.05, 0.1) is 12.1 Å². The van der Waals surface area contributed by atoms with Crippen LogP contribution < -0.4 is 5.32 Å². The molecule has 0 fully saturated rings. The number of nitrogens with one attached hydrogen (secondary N) is 1. The molecule has 0 spiro atoms. The van der Waals surface area contributed by atoms with Gasteiger partial charge in [-0.2, -0.15) is 0 Å². The maximum atomic E-state index is 12.2. The smallest absolute Gasteiger partial charge is 0.255 e. The second kappa shape index (κ2) is 5.82. The van der Waals surface area contributed by atoms with Crippen molar-refractivity contribution in [3.05, 3.63) is 28.8 Å². The summed E-state index contributed by atoms with van der Waals surface area (Å²) in [5.41, 5.74) is 0.837. The zero-order chi connectivity index (χ0) is 13.0. The second-order valence-corrected chi connectivity index (χ2v) is 3.95. The van der Waals surface area contributed by atoms with E-state index in [4.69, 9.17) is 11.6 Å². The van der Waals surface area contributed by atoms with Crippen molar-refractivity contribution in [2.45, 2.75) is 6.43 Å². The molecule has 0 aliphatic heterocycles. The lowest BCUT2D eigenvalue weighted by atomic mass is 10.1. The summed E-state index contributed by atoms with van der Waals surface area (Å²) in [6.45, 7) is -0.603. The van der Waals surface area contributed by atoms with Gasteiger partial charge in [-0.3, -0.25) is 4.79 Å². The van der Waals surface area contributed by atoms with Crippen molar-refractivity contribution in [3.8, 4) is 0 Å². The van der Waals surface area contributed by atoms with Crippen molar-refractivity contribution in [1.82, 2.24) is 4.90 Å². The number of nitrogens with zero attached hydrogens (tertiary/aromatic N) is 1. The average Bonchev–Trinajstić information content (AvgIpc) is 2.27. The van der Waals surface area contributed by atoms with Gasteiger partial charge in [0.25, 0.3) is 12.3 Å². The molecule has 0 unspecified atom stereocenters. The van der Waals surface area contributed by atoms with E-state index in [1.807, 2.05) is 0 Å². The molecule has 3 nitrogen and oxygen atoms in total.